The first kappa shape index (κ1) is 22.1. The van der Waals surface area contributed by atoms with Crippen LogP contribution in [0.2, 0.25) is 0 Å². The molecule has 0 radical (unpaired) electrons. The van der Waals surface area contributed by atoms with E-state index >= 15 is 0 Å². The van der Waals surface area contributed by atoms with Crippen LogP contribution in [0.3, 0.4) is 0 Å². The summed E-state index contributed by atoms with van der Waals surface area (Å²) < 4.78 is 5.18. The number of hydrogen-bond donors (Lipinski definition) is 3. The van der Waals surface area contributed by atoms with Crippen LogP contribution in [0.25, 0.3) is 0 Å². The van der Waals surface area contributed by atoms with Crippen molar-refractivity contribution in [3.8, 4) is 0 Å². The number of furan rings is 1. The van der Waals surface area contributed by atoms with E-state index in [1.807, 2.05) is 18.7 Å². The van der Waals surface area contributed by atoms with Gasteiger partial charge in [0.25, 0.3) is 5.91 Å². The topological polar surface area (TPSA) is 78.7 Å². The van der Waals surface area contributed by atoms with Crippen molar-refractivity contribution >= 4 is 47.6 Å². The molecule has 1 saturated heterocycles. The monoisotopic (exact) mass is 480 g/mol. The van der Waals surface area contributed by atoms with E-state index in [4.69, 9.17) is 4.42 Å². The van der Waals surface area contributed by atoms with Crippen LogP contribution in [0.4, 0.5) is 0 Å². The van der Waals surface area contributed by atoms with Crippen LogP contribution >= 0.6 is 35.7 Å². The number of amides is 1. The Balaban J connectivity index is 0.00000312. The molecule has 25 heavy (non-hydrogen) atoms. The number of rotatable bonds is 7. The highest BCUT2D eigenvalue weighted by atomic mass is 127. The molecule has 8 heteroatoms. The molecule has 3 N–H and O–H groups in total. The Hall–Kier alpha value is -0.900. The molecule has 0 saturated carbocycles. The molecule has 2 heterocycles. The van der Waals surface area contributed by atoms with Crippen LogP contribution in [0.5, 0.6) is 0 Å². The quantitative estimate of drug-likeness (QED) is 0.242. The van der Waals surface area contributed by atoms with Crippen molar-refractivity contribution < 1.29 is 9.21 Å². The minimum absolute atomic E-state index is 0. The fourth-order valence-electron chi connectivity index (χ4n) is 2.53. The first-order valence-electron chi connectivity index (χ1n) is 8.65. The molecule has 0 bridgehead atoms. The zero-order valence-corrected chi connectivity index (χ0v) is 18.1. The highest BCUT2D eigenvalue weighted by Crippen LogP contribution is 2.16. The van der Waals surface area contributed by atoms with Gasteiger partial charge in [0, 0.05) is 37.0 Å². The second-order valence-electron chi connectivity index (χ2n) is 5.86. The molecule has 1 amide bonds. The van der Waals surface area contributed by atoms with Gasteiger partial charge < -0.3 is 20.4 Å². The van der Waals surface area contributed by atoms with Gasteiger partial charge in [-0.05, 0) is 44.9 Å². The summed E-state index contributed by atoms with van der Waals surface area (Å²) in [6.07, 6.45) is 4.80. The van der Waals surface area contributed by atoms with Crippen LogP contribution < -0.4 is 16.0 Å². The van der Waals surface area contributed by atoms with E-state index < -0.39 is 0 Å². The van der Waals surface area contributed by atoms with Crippen molar-refractivity contribution in [3.05, 3.63) is 23.7 Å². The third-order valence-corrected chi connectivity index (χ3v) is 5.02. The van der Waals surface area contributed by atoms with E-state index in [2.05, 4.69) is 27.9 Å². The average molecular weight is 480 g/mol. The fraction of sp³-hybridized carbons (Fsp3) is 0.647. The molecule has 1 aliphatic heterocycles. The van der Waals surface area contributed by atoms with Crippen LogP contribution in [0.1, 0.15) is 42.3 Å². The standard InChI is InChI=1S/C17H28N4O2S.HI/c1-3-18-17(21-14-6-4-11-24-12-14)20-9-5-8-19-16(22)15-13(2)7-10-23-15;/h7,10,14H,3-6,8-9,11-12H2,1-2H3,(H,19,22)(H2,18,20,21);1H. The summed E-state index contributed by atoms with van der Waals surface area (Å²) in [7, 11) is 0. The van der Waals surface area contributed by atoms with Crippen molar-refractivity contribution in [3.63, 3.8) is 0 Å². The van der Waals surface area contributed by atoms with Gasteiger partial charge in [0.1, 0.15) is 0 Å². The second-order valence-corrected chi connectivity index (χ2v) is 7.01. The molecule has 1 unspecified atom stereocenters. The summed E-state index contributed by atoms with van der Waals surface area (Å²) in [5.41, 5.74) is 0.856. The second kappa shape index (κ2) is 12.5. The van der Waals surface area contributed by atoms with Gasteiger partial charge in [0.05, 0.1) is 6.26 Å². The average Bonchev–Trinajstić information content (AvgIpc) is 3.01. The molecular weight excluding hydrogens is 451 g/mol. The molecule has 1 aromatic heterocycles. The van der Waals surface area contributed by atoms with Gasteiger partial charge >= 0.3 is 0 Å². The maximum atomic E-state index is 11.9. The Kier molecular flexibility index (Phi) is 11.0. The first-order chi connectivity index (χ1) is 11.7. The van der Waals surface area contributed by atoms with E-state index in [1.165, 1.54) is 24.9 Å². The van der Waals surface area contributed by atoms with Crippen molar-refractivity contribution in [1.29, 1.82) is 0 Å². The molecule has 142 valence electrons. The highest BCUT2D eigenvalue weighted by molar-refractivity contribution is 14.0. The summed E-state index contributed by atoms with van der Waals surface area (Å²) in [5.74, 6) is 3.51. The summed E-state index contributed by atoms with van der Waals surface area (Å²) in [4.78, 5) is 16.5. The number of thioether (sulfide) groups is 1. The maximum absolute atomic E-state index is 11.9. The number of aryl methyl sites for hydroxylation is 1. The SMILES string of the molecule is CCNC(=NCCCNC(=O)c1occc1C)NC1CCCSC1.I. The van der Waals surface area contributed by atoms with Crippen LogP contribution in [0, 0.1) is 6.92 Å². The Bertz CT molecular complexity index is 545. The zero-order valence-electron chi connectivity index (χ0n) is 15.0. The van der Waals surface area contributed by atoms with Crippen LogP contribution in [-0.2, 0) is 0 Å². The van der Waals surface area contributed by atoms with Crippen molar-refractivity contribution in [2.24, 2.45) is 4.99 Å². The van der Waals surface area contributed by atoms with Crippen molar-refractivity contribution in [2.75, 3.05) is 31.1 Å². The molecular formula is C17H29IN4O2S. The zero-order chi connectivity index (χ0) is 17.2. The Morgan fingerprint density at radius 3 is 2.92 bits per heavy atom. The molecule has 1 aliphatic rings. The Labute approximate surface area is 171 Å². The van der Waals surface area contributed by atoms with E-state index in [1.54, 1.807) is 6.07 Å². The Morgan fingerprint density at radius 2 is 2.28 bits per heavy atom. The van der Waals surface area contributed by atoms with E-state index in [-0.39, 0.29) is 29.9 Å². The van der Waals surface area contributed by atoms with E-state index in [0.29, 0.717) is 24.9 Å². The summed E-state index contributed by atoms with van der Waals surface area (Å²) in [6.45, 7) is 6.04. The lowest BCUT2D eigenvalue weighted by molar-refractivity contribution is 0.0925. The van der Waals surface area contributed by atoms with Gasteiger partial charge in [-0.1, -0.05) is 0 Å². The lowest BCUT2D eigenvalue weighted by Gasteiger charge is -2.24. The van der Waals surface area contributed by atoms with E-state index in [9.17, 15) is 4.79 Å². The van der Waals surface area contributed by atoms with Gasteiger partial charge in [-0.25, -0.2) is 0 Å². The molecule has 6 nitrogen and oxygen atoms in total. The van der Waals surface area contributed by atoms with Gasteiger partial charge in [0.15, 0.2) is 11.7 Å². The summed E-state index contributed by atoms with van der Waals surface area (Å²) in [6, 6.07) is 2.29. The normalized spacial score (nSPS) is 17.5. The number of carbonyl (C=O) groups is 1. The lowest BCUT2D eigenvalue weighted by Crippen LogP contribution is -2.45. The molecule has 1 fully saturated rings. The first-order valence-corrected chi connectivity index (χ1v) is 9.81. The van der Waals surface area contributed by atoms with Gasteiger partial charge in [-0.3, -0.25) is 9.79 Å². The van der Waals surface area contributed by atoms with Crippen LogP contribution in [0.15, 0.2) is 21.7 Å². The van der Waals surface area contributed by atoms with E-state index in [0.717, 1.165) is 30.2 Å². The predicted octanol–water partition coefficient (Wildman–Crippen LogP) is 2.78. The lowest BCUT2D eigenvalue weighted by atomic mass is 10.2. The Morgan fingerprint density at radius 1 is 1.44 bits per heavy atom. The number of nitrogens with one attached hydrogen (secondary N) is 3. The number of aliphatic imine (C=N–C) groups is 1. The minimum atomic E-state index is -0.161. The molecule has 0 aliphatic carbocycles. The number of guanidine groups is 1. The highest BCUT2D eigenvalue weighted by Gasteiger charge is 2.14. The number of halogens is 1. The number of carbonyl (C=O) groups excluding carboxylic acids is 1. The molecule has 1 atom stereocenters. The maximum Gasteiger partial charge on any atom is 0.287 e. The molecule has 2 rings (SSSR count). The summed E-state index contributed by atoms with van der Waals surface area (Å²) >= 11 is 2.00. The predicted molar refractivity (Wildman–Crippen MR) is 115 cm³/mol. The van der Waals surface area contributed by atoms with Gasteiger partial charge in [-0.15, -0.1) is 24.0 Å². The third-order valence-electron chi connectivity index (χ3n) is 3.80. The number of hydrogen-bond acceptors (Lipinski definition) is 4. The molecule has 0 spiro atoms. The largest absolute Gasteiger partial charge is 0.459 e. The van der Waals surface area contributed by atoms with Gasteiger partial charge in [0.2, 0.25) is 0 Å². The fourth-order valence-corrected chi connectivity index (χ4v) is 3.60. The minimum Gasteiger partial charge on any atom is -0.459 e. The third kappa shape index (κ3) is 7.89. The van der Waals surface area contributed by atoms with Gasteiger partial charge in [-0.2, -0.15) is 11.8 Å². The van der Waals surface area contributed by atoms with Crippen molar-refractivity contribution in [1.82, 2.24) is 16.0 Å². The molecule has 1 aromatic rings. The molecule has 0 aromatic carbocycles. The van der Waals surface area contributed by atoms with Crippen molar-refractivity contribution in [2.45, 2.75) is 39.2 Å². The van der Waals surface area contributed by atoms with Crippen LogP contribution in [-0.4, -0.2) is 49.0 Å². The summed E-state index contributed by atoms with van der Waals surface area (Å²) in [5, 5.41) is 9.66. The number of nitrogens with zero attached hydrogens (tertiary/aromatic N) is 1. The smallest absolute Gasteiger partial charge is 0.287 e.